The molecule has 2 atom stereocenters. The van der Waals surface area contributed by atoms with Crippen LogP contribution in [0.1, 0.15) is 51.9 Å². The number of hydrogen-bond acceptors (Lipinski definition) is 2. The summed E-state index contributed by atoms with van der Waals surface area (Å²) in [6.07, 6.45) is 9.79. The number of hydrogen-bond donors (Lipinski definition) is 1. The van der Waals surface area contributed by atoms with Crippen molar-refractivity contribution in [3.63, 3.8) is 0 Å². The van der Waals surface area contributed by atoms with E-state index in [0.717, 1.165) is 30.5 Å². The summed E-state index contributed by atoms with van der Waals surface area (Å²) in [5, 5.41) is 0. The molecule has 2 N–H and O–H groups in total. The van der Waals surface area contributed by atoms with Gasteiger partial charge in [0.05, 0.1) is 0 Å². The highest BCUT2D eigenvalue weighted by atomic mass is 15.2. The zero-order valence-corrected chi connectivity index (χ0v) is 11.0. The summed E-state index contributed by atoms with van der Waals surface area (Å²) < 4.78 is 0. The van der Waals surface area contributed by atoms with Gasteiger partial charge < -0.3 is 10.6 Å². The van der Waals surface area contributed by atoms with E-state index in [1.165, 1.54) is 44.9 Å². The van der Waals surface area contributed by atoms with Crippen LogP contribution < -0.4 is 5.73 Å². The Morgan fingerprint density at radius 3 is 2.38 bits per heavy atom. The molecule has 0 radical (unpaired) electrons. The van der Waals surface area contributed by atoms with Gasteiger partial charge >= 0.3 is 0 Å². The smallest absolute Gasteiger partial charge is 0.0135 e. The van der Waals surface area contributed by atoms with Gasteiger partial charge in [0, 0.05) is 12.1 Å². The second-order valence-corrected chi connectivity index (χ2v) is 6.07. The molecular formula is C14H28N2. The minimum Gasteiger partial charge on any atom is -0.330 e. The van der Waals surface area contributed by atoms with Crippen molar-refractivity contribution in [1.29, 1.82) is 0 Å². The molecule has 0 spiro atoms. The van der Waals surface area contributed by atoms with Gasteiger partial charge in [-0.1, -0.05) is 13.3 Å². The van der Waals surface area contributed by atoms with E-state index >= 15 is 0 Å². The van der Waals surface area contributed by atoms with E-state index in [1.807, 2.05) is 0 Å². The summed E-state index contributed by atoms with van der Waals surface area (Å²) in [5.74, 6) is 1.72. The van der Waals surface area contributed by atoms with E-state index in [1.54, 1.807) is 0 Å². The summed E-state index contributed by atoms with van der Waals surface area (Å²) >= 11 is 0. The molecule has 2 saturated carbocycles. The average molecular weight is 224 g/mol. The molecule has 2 rings (SSSR count). The third-order valence-electron chi connectivity index (χ3n) is 5.01. The summed E-state index contributed by atoms with van der Waals surface area (Å²) in [4.78, 5) is 2.68. The van der Waals surface area contributed by atoms with Crippen LogP contribution in [-0.4, -0.2) is 30.6 Å². The summed E-state index contributed by atoms with van der Waals surface area (Å²) in [6.45, 7) is 3.28. The van der Waals surface area contributed by atoms with Crippen molar-refractivity contribution in [2.75, 3.05) is 13.6 Å². The third kappa shape index (κ3) is 2.60. The van der Waals surface area contributed by atoms with Crippen LogP contribution >= 0.6 is 0 Å². The van der Waals surface area contributed by atoms with Crippen LogP contribution in [0.25, 0.3) is 0 Å². The van der Waals surface area contributed by atoms with E-state index in [2.05, 4.69) is 18.9 Å². The van der Waals surface area contributed by atoms with Crippen LogP contribution in [0, 0.1) is 11.8 Å². The zero-order valence-electron chi connectivity index (χ0n) is 11.0. The summed E-state index contributed by atoms with van der Waals surface area (Å²) in [7, 11) is 2.35. The van der Waals surface area contributed by atoms with Crippen molar-refractivity contribution in [2.24, 2.45) is 17.6 Å². The molecule has 0 amide bonds. The molecule has 0 saturated heterocycles. The lowest BCUT2D eigenvalue weighted by Crippen LogP contribution is -2.45. The Morgan fingerprint density at radius 1 is 1.06 bits per heavy atom. The molecule has 0 bridgehead atoms. The van der Waals surface area contributed by atoms with Crippen molar-refractivity contribution in [2.45, 2.75) is 64.0 Å². The molecule has 0 aromatic carbocycles. The first-order valence-electron chi connectivity index (χ1n) is 7.14. The lowest BCUT2D eigenvalue weighted by molar-refractivity contribution is 0.103. The first-order valence-corrected chi connectivity index (χ1v) is 7.14. The molecule has 2 aliphatic carbocycles. The second kappa shape index (κ2) is 5.50. The van der Waals surface area contributed by atoms with E-state index in [-0.39, 0.29) is 0 Å². The maximum Gasteiger partial charge on any atom is 0.0135 e. The Labute approximate surface area is 101 Å². The molecule has 0 aromatic heterocycles. The topological polar surface area (TPSA) is 29.3 Å². The van der Waals surface area contributed by atoms with Crippen LogP contribution in [0.4, 0.5) is 0 Å². The van der Waals surface area contributed by atoms with Gasteiger partial charge in [-0.05, 0) is 64.0 Å². The van der Waals surface area contributed by atoms with Crippen molar-refractivity contribution < 1.29 is 0 Å². The lowest BCUT2D eigenvalue weighted by atomic mass is 9.85. The minimum absolute atomic E-state index is 0.768. The summed E-state index contributed by atoms with van der Waals surface area (Å²) in [6, 6.07) is 1.62. The molecule has 2 heteroatoms. The fourth-order valence-corrected chi connectivity index (χ4v) is 3.75. The standard InChI is InChI=1S/C14H28N2/c1-11-6-8-13(9-7-11)16(2)14-5-3-4-12(14)10-15/h11-14H,3-10,15H2,1-2H3. The van der Waals surface area contributed by atoms with Gasteiger partial charge in [-0.25, -0.2) is 0 Å². The molecule has 0 heterocycles. The molecule has 0 aliphatic heterocycles. The molecule has 2 fully saturated rings. The highest BCUT2D eigenvalue weighted by molar-refractivity contribution is 4.89. The monoisotopic (exact) mass is 224 g/mol. The van der Waals surface area contributed by atoms with Crippen LogP contribution in [0.15, 0.2) is 0 Å². The molecule has 0 aromatic rings. The molecule has 94 valence electrons. The molecule has 16 heavy (non-hydrogen) atoms. The number of rotatable bonds is 3. The third-order valence-corrected chi connectivity index (χ3v) is 5.01. The maximum atomic E-state index is 5.89. The normalized spacial score (nSPS) is 40.5. The second-order valence-electron chi connectivity index (χ2n) is 6.07. The van der Waals surface area contributed by atoms with Gasteiger partial charge in [-0.15, -0.1) is 0 Å². The van der Waals surface area contributed by atoms with Gasteiger partial charge in [0.25, 0.3) is 0 Å². The first-order chi connectivity index (χ1) is 7.72. The quantitative estimate of drug-likeness (QED) is 0.798. The Kier molecular flexibility index (Phi) is 4.26. The van der Waals surface area contributed by atoms with Crippen molar-refractivity contribution >= 4 is 0 Å². The van der Waals surface area contributed by atoms with Crippen molar-refractivity contribution in [3.05, 3.63) is 0 Å². The van der Waals surface area contributed by atoms with Gasteiger partial charge in [0.15, 0.2) is 0 Å². The Morgan fingerprint density at radius 2 is 1.75 bits per heavy atom. The fourth-order valence-electron chi connectivity index (χ4n) is 3.75. The van der Waals surface area contributed by atoms with Crippen molar-refractivity contribution in [1.82, 2.24) is 4.90 Å². The van der Waals surface area contributed by atoms with Gasteiger partial charge in [0.2, 0.25) is 0 Å². The van der Waals surface area contributed by atoms with Crippen LogP contribution in [0.3, 0.4) is 0 Å². The van der Waals surface area contributed by atoms with E-state index < -0.39 is 0 Å². The fraction of sp³-hybridized carbons (Fsp3) is 1.00. The average Bonchev–Trinajstić information content (AvgIpc) is 2.77. The Balaban J connectivity index is 1.88. The minimum atomic E-state index is 0.768. The van der Waals surface area contributed by atoms with E-state index in [4.69, 9.17) is 5.73 Å². The molecule has 2 unspecified atom stereocenters. The predicted molar refractivity (Wildman–Crippen MR) is 69.4 cm³/mol. The largest absolute Gasteiger partial charge is 0.330 e. The Hall–Kier alpha value is -0.0800. The van der Waals surface area contributed by atoms with E-state index in [0.29, 0.717) is 0 Å². The first kappa shape index (κ1) is 12.4. The van der Waals surface area contributed by atoms with Crippen LogP contribution in [0.2, 0.25) is 0 Å². The molecule has 2 aliphatic rings. The zero-order chi connectivity index (χ0) is 11.5. The Bertz CT molecular complexity index is 209. The number of nitrogens with zero attached hydrogens (tertiary/aromatic N) is 1. The van der Waals surface area contributed by atoms with Crippen molar-refractivity contribution in [3.8, 4) is 0 Å². The highest BCUT2D eigenvalue weighted by Crippen LogP contribution is 2.34. The maximum absolute atomic E-state index is 5.89. The van der Waals surface area contributed by atoms with Gasteiger partial charge in [-0.3, -0.25) is 0 Å². The lowest BCUT2D eigenvalue weighted by Gasteiger charge is -2.39. The highest BCUT2D eigenvalue weighted by Gasteiger charge is 2.33. The van der Waals surface area contributed by atoms with E-state index in [9.17, 15) is 0 Å². The SMILES string of the molecule is CC1CCC(N(C)C2CCCC2CN)CC1. The summed E-state index contributed by atoms with van der Waals surface area (Å²) in [5.41, 5.74) is 5.89. The van der Waals surface area contributed by atoms with Crippen LogP contribution in [0.5, 0.6) is 0 Å². The molecule has 2 nitrogen and oxygen atoms in total. The van der Waals surface area contributed by atoms with Crippen LogP contribution in [-0.2, 0) is 0 Å². The number of nitrogens with two attached hydrogens (primary N) is 1. The predicted octanol–water partition coefficient (Wildman–Crippen LogP) is 2.62. The van der Waals surface area contributed by atoms with Gasteiger partial charge in [-0.2, -0.15) is 0 Å². The van der Waals surface area contributed by atoms with Gasteiger partial charge in [0.1, 0.15) is 0 Å². The molecular weight excluding hydrogens is 196 g/mol.